The Labute approximate surface area is 103 Å². The number of rotatable bonds is 4. The highest BCUT2D eigenvalue weighted by Crippen LogP contribution is 2.11. The van der Waals surface area contributed by atoms with Gasteiger partial charge in [-0.1, -0.05) is 6.07 Å². The van der Waals surface area contributed by atoms with Gasteiger partial charge in [-0.25, -0.2) is 0 Å². The zero-order valence-electron chi connectivity index (χ0n) is 9.38. The largest absolute Gasteiger partial charge is 0.346 e. The predicted octanol–water partition coefficient (Wildman–Crippen LogP) is 2.36. The van der Waals surface area contributed by atoms with Crippen molar-refractivity contribution in [3.05, 3.63) is 46.4 Å². The van der Waals surface area contributed by atoms with Crippen molar-refractivity contribution >= 4 is 23.3 Å². The minimum atomic E-state index is -0.105. The van der Waals surface area contributed by atoms with Gasteiger partial charge in [-0.15, -0.1) is 11.3 Å². The quantitative estimate of drug-likeness (QED) is 0.815. The first kappa shape index (κ1) is 11.6. The van der Waals surface area contributed by atoms with Gasteiger partial charge in [0, 0.05) is 22.7 Å². The van der Waals surface area contributed by atoms with Crippen LogP contribution in [-0.4, -0.2) is 16.1 Å². The van der Waals surface area contributed by atoms with Gasteiger partial charge in [-0.05, 0) is 24.4 Å². The first-order valence-corrected chi connectivity index (χ1v) is 6.14. The summed E-state index contributed by atoms with van der Waals surface area (Å²) in [6.45, 7) is 1.92. The van der Waals surface area contributed by atoms with Gasteiger partial charge >= 0.3 is 0 Å². The number of aromatic nitrogens is 2. The first-order valence-electron chi connectivity index (χ1n) is 5.26. The lowest BCUT2D eigenvalue weighted by molar-refractivity contribution is -0.117. The number of aromatic amines is 1. The molecule has 0 radical (unpaired) electrons. The van der Waals surface area contributed by atoms with Crippen molar-refractivity contribution in [3.63, 3.8) is 0 Å². The minimum absolute atomic E-state index is 0.0470. The molecule has 0 aliphatic rings. The van der Waals surface area contributed by atoms with E-state index in [0.717, 1.165) is 10.4 Å². The highest BCUT2D eigenvalue weighted by atomic mass is 32.1. The zero-order valence-corrected chi connectivity index (χ0v) is 10.2. The summed E-state index contributed by atoms with van der Waals surface area (Å²) < 4.78 is 0. The maximum Gasteiger partial charge on any atom is 0.244 e. The number of amides is 1. The number of H-pyrrole nitrogens is 1. The molecule has 5 heteroatoms. The van der Waals surface area contributed by atoms with E-state index in [4.69, 9.17) is 0 Å². The lowest BCUT2D eigenvalue weighted by Gasteiger charge is -2.09. The number of hydrogen-bond donors (Lipinski definition) is 2. The van der Waals surface area contributed by atoms with Gasteiger partial charge in [0.2, 0.25) is 5.91 Å². The maximum atomic E-state index is 11.6. The van der Waals surface area contributed by atoms with Gasteiger partial charge in [0.15, 0.2) is 0 Å². The summed E-state index contributed by atoms with van der Waals surface area (Å²) >= 11 is 1.60. The van der Waals surface area contributed by atoms with Crippen LogP contribution >= 0.6 is 11.3 Å². The smallest absolute Gasteiger partial charge is 0.244 e. The van der Waals surface area contributed by atoms with Crippen LogP contribution in [0.5, 0.6) is 0 Å². The Morgan fingerprint density at radius 3 is 3.18 bits per heavy atom. The van der Waals surface area contributed by atoms with E-state index in [1.165, 1.54) is 0 Å². The van der Waals surface area contributed by atoms with E-state index in [1.807, 2.05) is 30.5 Å². The van der Waals surface area contributed by atoms with Crippen molar-refractivity contribution in [2.75, 3.05) is 0 Å². The maximum absolute atomic E-state index is 11.6. The van der Waals surface area contributed by atoms with Crippen molar-refractivity contribution in [1.82, 2.24) is 15.5 Å². The molecule has 0 aliphatic carbocycles. The van der Waals surface area contributed by atoms with Crippen LogP contribution in [0, 0.1) is 0 Å². The highest BCUT2D eigenvalue weighted by Gasteiger charge is 2.07. The molecule has 0 aliphatic heterocycles. The second kappa shape index (κ2) is 5.45. The molecule has 17 heavy (non-hydrogen) atoms. The van der Waals surface area contributed by atoms with Crippen LogP contribution in [0.4, 0.5) is 0 Å². The minimum Gasteiger partial charge on any atom is -0.346 e. The average Bonchev–Trinajstić information content (AvgIpc) is 2.99. The standard InChI is InChI=1S/C12H13N3OS/c1-9(10-7-13-14-8-10)15-12(16)5-4-11-3-2-6-17-11/h2-9H,1H3,(H,13,14)(H,15,16)/b5-4+. The van der Waals surface area contributed by atoms with E-state index in [1.54, 1.807) is 29.8 Å². The molecule has 2 aromatic heterocycles. The number of carbonyl (C=O) groups is 1. The normalized spacial score (nSPS) is 12.8. The molecule has 0 spiro atoms. The fraction of sp³-hybridized carbons (Fsp3) is 0.167. The zero-order chi connectivity index (χ0) is 12.1. The molecular weight excluding hydrogens is 234 g/mol. The van der Waals surface area contributed by atoms with Crippen molar-refractivity contribution < 1.29 is 4.79 Å². The van der Waals surface area contributed by atoms with E-state index in [0.29, 0.717) is 0 Å². The molecular formula is C12H13N3OS. The van der Waals surface area contributed by atoms with E-state index in [-0.39, 0.29) is 11.9 Å². The molecule has 0 fully saturated rings. The summed E-state index contributed by atoms with van der Waals surface area (Å²) in [5.41, 5.74) is 0.961. The second-order valence-corrected chi connectivity index (χ2v) is 4.59. The Kier molecular flexibility index (Phi) is 3.72. The summed E-state index contributed by atoms with van der Waals surface area (Å²) in [5, 5.41) is 11.4. The molecule has 2 aromatic rings. The van der Waals surface area contributed by atoms with Crippen LogP contribution in [0.3, 0.4) is 0 Å². The topological polar surface area (TPSA) is 57.8 Å². The molecule has 1 amide bonds. The molecule has 0 bridgehead atoms. The SMILES string of the molecule is CC(NC(=O)/C=C/c1cccs1)c1cn[nH]c1. The third-order valence-corrected chi connectivity index (χ3v) is 3.16. The summed E-state index contributed by atoms with van der Waals surface area (Å²) in [6, 6.07) is 3.87. The van der Waals surface area contributed by atoms with Crippen molar-refractivity contribution in [1.29, 1.82) is 0 Å². The summed E-state index contributed by atoms with van der Waals surface area (Å²) in [4.78, 5) is 12.7. The number of hydrogen-bond acceptors (Lipinski definition) is 3. The molecule has 88 valence electrons. The van der Waals surface area contributed by atoms with Crippen LogP contribution in [-0.2, 0) is 4.79 Å². The van der Waals surface area contributed by atoms with Gasteiger partial charge in [0.25, 0.3) is 0 Å². The third-order valence-electron chi connectivity index (χ3n) is 2.32. The van der Waals surface area contributed by atoms with Gasteiger partial charge in [0.05, 0.1) is 12.2 Å². The van der Waals surface area contributed by atoms with Crippen LogP contribution in [0.2, 0.25) is 0 Å². The Bertz CT molecular complexity index is 488. The average molecular weight is 247 g/mol. The van der Waals surface area contributed by atoms with E-state index >= 15 is 0 Å². The van der Waals surface area contributed by atoms with Crippen molar-refractivity contribution in [3.8, 4) is 0 Å². The van der Waals surface area contributed by atoms with Crippen molar-refractivity contribution in [2.45, 2.75) is 13.0 Å². The van der Waals surface area contributed by atoms with E-state index in [2.05, 4.69) is 15.5 Å². The molecule has 1 atom stereocenters. The van der Waals surface area contributed by atoms with Crippen molar-refractivity contribution in [2.24, 2.45) is 0 Å². The molecule has 0 saturated heterocycles. The third kappa shape index (κ3) is 3.29. The van der Waals surface area contributed by atoms with E-state index in [9.17, 15) is 4.79 Å². The Hall–Kier alpha value is -1.88. The first-order chi connectivity index (χ1) is 8.25. The van der Waals surface area contributed by atoms with E-state index < -0.39 is 0 Å². The monoisotopic (exact) mass is 247 g/mol. The Morgan fingerprint density at radius 2 is 2.53 bits per heavy atom. The number of nitrogens with zero attached hydrogens (tertiary/aromatic N) is 1. The lowest BCUT2D eigenvalue weighted by Crippen LogP contribution is -2.24. The molecule has 1 unspecified atom stereocenters. The molecule has 4 nitrogen and oxygen atoms in total. The summed E-state index contributed by atoms with van der Waals surface area (Å²) in [5.74, 6) is -0.105. The number of thiophene rings is 1. The second-order valence-electron chi connectivity index (χ2n) is 3.61. The van der Waals surface area contributed by atoms with Gasteiger partial charge in [-0.3, -0.25) is 9.89 Å². The highest BCUT2D eigenvalue weighted by molar-refractivity contribution is 7.10. The van der Waals surface area contributed by atoms with Gasteiger partial charge < -0.3 is 5.32 Å². The number of carbonyl (C=O) groups excluding carboxylic acids is 1. The fourth-order valence-electron chi connectivity index (χ4n) is 1.39. The number of nitrogens with one attached hydrogen (secondary N) is 2. The molecule has 2 heterocycles. The van der Waals surface area contributed by atoms with Crippen LogP contribution < -0.4 is 5.32 Å². The van der Waals surface area contributed by atoms with Crippen LogP contribution in [0.1, 0.15) is 23.4 Å². The lowest BCUT2D eigenvalue weighted by atomic mass is 10.2. The van der Waals surface area contributed by atoms with Gasteiger partial charge in [-0.2, -0.15) is 5.10 Å². The summed E-state index contributed by atoms with van der Waals surface area (Å²) in [7, 11) is 0. The molecule has 0 saturated carbocycles. The Morgan fingerprint density at radius 1 is 1.65 bits per heavy atom. The van der Waals surface area contributed by atoms with Gasteiger partial charge in [0.1, 0.15) is 0 Å². The predicted molar refractivity (Wildman–Crippen MR) is 68.5 cm³/mol. The molecule has 2 rings (SSSR count). The molecule has 2 N–H and O–H groups in total. The molecule has 0 aromatic carbocycles. The fourth-order valence-corrected chi connectivity index (χ4v) is 2.00. The summed E-state index contributed by atoms with van der Waals surface area (Å²) in [6.07, 6.45) is 6.83. The van der Waals surface area contributed by atoms with Crippen LogP contribution in [0.25, 0.3) is 6.08 Å². The Balaban J connectivity index is 1.89. The van der Waals surface area contributed by atoms with Crippen LogP contribution in [0.15, 0.2) is 36.0 Å².